The summed E-state index contributed by atoms with van der Waals surface area (Å²) in [7, 11) is 0. The van der Waals surface area contributed by atoms with Crippen molar-refractivity contribution in [2.24, 2.45) is 11.8 Å². The number of carboxylic acids is 1. The van der Waals surface area contributed by atoms with Gasteiger partial charge in [-0.25, -0.2) is 0 Å². The Morgan fingerprint density at radius 2 is 1.65 bits per heavy atom. The zero-order valence-electron chi connectivity index (χ0n) is 13.6. The van der Waals surface area contributed by atoms with Crippen LogP contribution >= 0.6 is 0 Å². The molecule has 0 saturated heterocycles. The Bertz CT molecular complexity index is 270. The quantitative estimate of drug-likeness (QED) is 0.762. The van der Waals surface area contributed by atoms with Crippen molar-refractivity contribution in [1.29, 1.82) is 0 Å². The molecule has 1 N–H and O–H groups in total. The van der Waals surface area contributed by atoms with E-state index in [4.69, 9.17) is 0 Å². The van der Waals surface area contributed by atoms with Crippen LogP contribution in [0, 0.1) is 11.8 Å². The van der Waals surface area contributed by atoms with Crippen molar-refractivity contribution in [3.63, 3.8) is 0 Å². The topological polar surface area (TPSA) is 40.5 Å². The van der Waals surface area contributed by atoms with Crippen LogP contribution < -0.4 is 0 Å². The molecule has 20 heavy (non-hydrogen) atoms. The highest BCUT2D eigenvalue weighted by atomic mass is 16.4. The summed E-state index contributed by atoms with van der Waals surface area (Å²) in [5, 5.41) is 9.18. The number of carbonyl (C=O) groups is 1. The van der Waals surface area contributed by atoms with Crippen molar-refractivity contribution in [2.45, 2.75) is 78.2 Å². The lowest BCUT2D eigenvalue weighted by molar-refractivity contribution is -0.142. The first-order chi connectivity index (χ1) is 9.50. The Morgan fingerprint density at radius 1 is 1.10 bits per heavy atom. The van der Waals surface area contributed by atoms with Gasteiger partial charge in [0.15, 0.2) is 0 Å². The number of rotatable bonds is 7. The molecule has 1 rings (SSSR count). The van der Waals surface area contributed by atoms with E-state index in [-0.39, 0.29) is 5.92 Å². The molecule has 0 aromatic rings. The van der Waals surface area contributed by atoms with Gasteiger partial charge in [0.2, 0.25) is 0 Å². The molecule has 1 unspecified atom stereocenters. The Hall–Kier alpha value is -0.570. The van der Waals surface area contributed by atoms with Gasteiger partial charge in [0.25, 0.3) is 0 Å². The highest BCUT2D eigenvalue weighted by Gasteiger charge is 2.23. The van der Waals surface area contributed by atoms with E-state index >= 15 is 0 Å². The molecule has 3 heteroatoms. The van der Waals surface area contributed by atoms with Crippen molar-refractivity contribution in [1.82, 2.24) is 4.90 Å². The summed E-state index contributed by atoms with van der Waals surface area (Å²) < 4.78 is 0. The van der Waals surface area contributed by atoms with Crippen LogP contribution in [0.4, 0.5) is 0 Å². The van der Waals surface area contributed by atoms with Crippen molar-refractivity contribution in [3.05, 3.63) is 0 Å². The monoisotopic (exact) mass is 283 g/mol. The lowest BCUT2D eigenvalue weighted by Gasteiger charge is -2.34. The molecule has 1 fully saturated rings. The fraction of sp³-hybridized carbons (Fsp3) is 0.941. The first kappa shape index (κ1) is 17.5. The van der Waals surface area contributed by atoms with E-state index in [9.17, 15) is 9.90 Å². The SMILES string of the molecule is CC(C)CCN(CC(C)C(=O)O)C1CCCCCCC1. The summed E-state index contributed by atoms with van der Waals surface area (Å²) in [6.07, 6.45) is 10.4. The molecule has 1 aliphatic rings. The average Bonchev–Trinajstić information content (AvgIpc) is 2.34. The summed E-state index contributed by atoms with van der Waals surface area (Å²) in [5.41, 5.74) is 0. The summed E-state index contributed by atoms with van der Waals surface area (Å²) in [6, 6.07) is 0.607. The number of hydrogen-bond donors (Lipinski definition) is 1. The van der Waals surface area contributed by atoms with E-state index in [1.165, 1.54) is 51.4 Å². The number of nitrogens with zero attached hydrogens (tertiary/aromatic N) is 1. The van der Waals surface area contributed by atoms with Crippen LogP contribution in [-0.2, 0) is 4.79 Å². The maximum absolute atomic E-state index is 11.2. The normalized spacial score (nSPS) is 19.9. The minimum Gasteiger partial charge on any atom is -0.481 e. The molecule has 0 amide bonds. The third kappa shape index (κ3) is 6.74. The molecule has 0 bridgehead atoms. The highest BCUT2D eigenvalue weighted by Crippen LogP contribution is 2.23. The zero-order valence-corrected chi connectivity index (χ0v) is 13.6. The predicted octanol–water partition coefficient (Wildman–Crippen LogP) is 4.17. The molecule has 0 spiro atoms. The maximum Gasteiger partial charge on any atom is 0.307 e. The molecule has 0 aromatic heterocycles. The summed E-state index contributed by atoms with van der Waals surface area (Å²) in [6.45, 7) is 8.11. The predicted molar refractivity (Wildman–Crippen MR) is 83.9 cm³/mol. The lowest BCUT2D eigenvalue weighted by Crippen LogP contribution is -2.41. The van der Waals surface area contributed by atoms with Gasteiger partial charge in [-0.2, -0.15) is 0 Å². The van der Waals surface area contributed by atoms with Crippen LogP contribution in [0.1, 0.15) is 72.1 Å². The van der Waals surface area contributed by atoms with Crippen molar-refractivity contribution in [2.75, 3.05) is 13.1 Å². The van der Waals surface area contributed by atoms with Gasteiger partial charge in [0.1, 0.15) is 0 Å². The first-order valence-corrected chi connectivity index (χ1v) is 8.47. The molecule has 3 nitrogen and oxygen atoms in total. The molecule has 1 saturated carbocycles. The second-order valence-corrected chi connectivity index (χ2v) is 6.92. The van der Waals surface area contributed by atoms with Crippen LogP contribution in [-0.4, -0.2) is 35.1 Å². The average molecular weight is 283 g/mol. The van der Waals surface area contributed by atoms with Crippen LogP contribution in [0.3, 0.4) is 0 Å². The van der Waals surface area contributed by atoms with E-state index in [0.717, 1.165) is 6.54 Å². The second kappa shape index (κ2) is 9.38. The summed E-state index contributed by atoms with van der Waals surface area (Å²) in [5.74, 6) is -0.232. The fourth-order valence-electron chi connectivity index (χ4n) is 3.08. The Balaban J connectivity index is 2.59. The van der Waals surface area contributed by atoms with Gasteiger partial charge in [-0.1, -0.05) is 52.9 Å². The van der Waals surface area contributed by atoms with Crippen LogP contribution in [0.15, 0.2) is 0 Å². The van der Waals surface area contributed by atoms with Gasteiger partial charge in [0, 0.05) is 12.6 Å². The van der Waals surface area contributed by atoms with E-state index in [1.807, 2.05) is 6.92 Å². The standard InChI is InChI=1S/C17H33NO2/c1-14(2)11-12-18(13-15(3)17(19)20)16-9-7-5-4-6-8-10-16/h14-16H,4-13H2,1-3H3,(H,19,20). The minimum absolute atomic E-state index is 0.257. The van der Waals surface area contributed by atoms with Crippen LogP contribution in [0.5, 0.6) is 0 Å². The van der Waals surface area contributed by atoms with E-state index in [1.54, 1.807) is 0 Å². The molecule has 0 heterocycles. The molecule has 0 aliphatic heterocycles. The molecule has 0 radical (unpaired) electrons. The van der Waals surface area contributed by atoms with E-state index in [0.29, 0.717) is 18.5 Å². The minimum atomic E-state index is -0.662. The third-order valence-electron chi connectivity index (χ3n) is 4.51. The highest BCUT2D eigenvalue weighted by molar-refractivity contribution is 5.69. The number of carboxylic acid groups (broad SMARTS) is 1. The molecule has 1 atom stereocenters. The largest absolute Gasteiger partial charge is 0.481 e. The van der Waals surface area contributed by atoms with E-state index in [2.05, 4.69) is 18.7 Å². The first-order valence-electron chi connectivity index (χ1n) is 8.47. The molecule has 118 valence electrons. The summed E-state index contributed by atoms with van der Waals surface area (Å²) >= 11 is 0. The number of hydrogen-bond acceptors (Lipinski definition) is 2. The van der Waals surface area contributed by atoms with Gasteiger partial charge < -0.3 is 5.11 Å². The second-order valence-electron chi connectivity index (χ2n) is 6.92. The van der Waals surface area contributed by atoms with Crippen LogP contribution in [0.2, 0.25) is 0 Å². The van der Waals surface area contributed by atoms with Gasteiger partial charge in [-0.05, 0) is 31.7 Å². The Morgan fingerprint density at radius 3 is 2.15 bits per heavy atom. The number of aliphatic carboxylic acids is 1. The Kier molecular flexibility index (Phi) is 8.20. The lowest BCUT2D eigenvalue weighted by atomic mass is 9.94. The molecular formula is C17H33NO2. The summed E-state index contributed by atoms with van der Waals surface area (Å²) in [4.78, 5) is 13.6. The van der Waals surface area contributed by atoms with Gasteiger partial charge in [0.05, 0.1) is 5.92 Å². The van der Waals surface area contributed by atoms with Crippen molar-refractivity contribution in [3.8, 4) is 0 Å². The van der Waals surface area contributed by atoms with Crippen LogP contribution in [0.25, 0.3) is 0 Å². The maximum atomic E-state index is 11.2. The molecular weight excluding hydrogens is 250 g/mol. The fourth-order valence-corrected chi connectivity index (χ4v) is 3.08. The van der Waals surface area contributed by atoms with E-state index < -0.39 is 5.97 Å². The van der Waals surface area contributed by atoms with Gasteiger partial charge >= 0.3 is 5.97 Å². The Labute approximate surface area is 124 Å². The third-order valence-corrected chi connectivity index (χ3v) is 4.51. The molecule has 1 aliphatic carbocycles. The molecule has 0 aromatic carbocycles. The van der Waals surface area contributed by atoms with Crippen molar-refractivity contribution >= 4 is 5.97 Å². The van der Waals surface area contributed by atoms with Gasteiger partial charge in [-0.15, -0.1) is 0 Å². The van der Waals surface area contributed by atoms with Gasteiger partial charge in [-0.3, -0.25) is 9.69 Å². The smallest absolute Gasteiger partial charge is 0.307 e. The zero-order chi connectivity index (χ0) is 15.0. The van der Waals surface area contributed by atoms with Crippen molar-refractivity contribution < 1.29 is 9.90 Å².